The van der Waals surface area contributed by atoms with E-state index in [-0.39, 0.29) is 0 Å². The van der Waals surface area contributed by atoms with E-state index in [9.17, 15) is 0 Å². The molecule has 64 heavy (non-hydrogen) atoms. The number of para-hydroxylation sites is 4. The first-order chi connectivity index (χ1) is 31.8. The molecule has 0 amide bonds. The molecule has 2 heteroatoms. The van der Waals surface area contributed by atoms with E-state index >= 15 is 0 Å². The maximum Gasteiger partial charge on any atom is 0.0541 e. The van der Waals surface area contributed by atoms with E-state index in [1.54, 1.807) is 0 Å². The highest BCUT2D eigenvalue weighted by Gasteiger charge is 2.20. The van der Waals surface area contributed by atoms with Crippen molar-refractivity contribution in [2.24, 2.45) is 0 Å². The minimum atomic E-state index is 1.15. The highest BCUT2D eigenvalue weighted by atomic mass is 15.0. The Kier molecular flexibility index (Phi) is 8.25. The molecule has 0 fully saturated rings. The number of hydrogen-bond donors (Lipinski definition) is 0. The van der Waals surface area contributed by atoms with Gasteiger partial charge in [0.15, 0.2) is 0 Å². The van der Waals surface area contributed by atoms with Gasteiger partial charge in [0.05, 0.1) is 22.1 Å². The van der Waals surface area contributed by atoms with Gasteiger partial charge in [0.1, 0.15) is 0 Å². The third kappa shape index (κ3) is 5.66. The summed E-state index contributed by atoms with van der Waals surface area (Å²) in [5.41, 5.74) is 16.9. The zero-order valence-corrected chi connectivity index (χ0v) is 35.0. The minimum absolute atomic E-state index is 1.15. The third-order valence-corrected chi connectivity index (χ3v) is 13.3. The van der Waals surface area contributed by atoms with Crippen LogP contribution in [0.5, 0.6) is 0 Å². The molecule has 13 aromatic rings. The van der Waals surface area contributed by atoms with E-state index in [1.807, 2.05) is 0 Å². The summed E-state index contributed by atoms with van der Waals surface area (Å²) < 4.78 is 4.77. The topological polar surface area (TPSA) is 9.86 Å². The maximum absolute atomic E-state index is 2.42. The smallest absolute Gasteiger partial charge is 0.0541 e. The van der Waals surface area contributed by atoms with E-state index in [0.29, 0.717) is 0 Å². The SMILES string of the molecule is c1ccc(-c2c3ccc(-c4ccc(-n5c6ccccc6c6ccccc65)cc4)cc3c(-c3ccccc3)c3ccc(-c4ccc(-n5c6ccccc6c6ccccc65)cc4)cc23)cc1. The number of rotatable bonds is 6. The number of benzene rings is 11. The monoisotopic (exact) mass is 812 g/mol. The lowest BCUT2D eigenvalue weighted by Crippen LogP contribution is -1.94. The molecule has 0 aliphatic heterocycles. The van der Waals surface area contributed by atoms with Crippen LogP contribution in [-0.4, -0.2) is 9.13 Å². The summed E-state index contributed by atoms with van der Waals surface area (Å²) in [5.74, 6) is 0. The quantitative estimate of drug-likeness (QED) is 0.148. The maximum atomic E-state index is 2.42. The van der Waals surface area contributed by atoms with Crippen molar-refractivity contribution in [3.05, 3.63) is 243 Å². The highest BCUT2D eigenvalue weighted by Crippen LogP contribution is 2.46. The molecule has 0 aliphatic rings. The van der Waals surface area contributed by atoms with Gasteiger partial charge >= 0.3 is 0 Å². The van der Waals surface area contributed by atoms with Gasteiger partial charge in [0.2, 0.25) is 0 Å². The second-order valence-corrected chi connectivity index (χ2v) is 16.8. The molecule has 13 rings (SSSR count). The molecule has 0 aliphatic carbocycles. The largest absolute Gasteiger partial charge is 0.309 e. The molecule has 11 aromatic carbocycles. The molecule has 0 saturated heterocycles. The Hall–Kier alpha value is -8.46. The lowest BCUT2D eigenvalue weighted by atomic mass is 9.84. The molecule has 2 aromatic heterocycles. The zero-order chi connectivity index (χ0) is 42.1. The molecular formula is C62H40N2. The van der Waals surface area contributed by atoms with Gasteiger partial charge in [-0.25, -0.2) is 0 Å². The van der Waals surface area contributed by atoms with Gasteiger partial charge in [-0.05, 0) is 127 Å². The average molecular weight is 813 g/mol. The molecular weight excluding hydrogens is 773 g/mol. The molecule has 0 bridgehead atoms. The molecule has 2 heterocycles. The Labute approximate surface area is 371 Å². The van der Waals surface area contributed by atoms with Crippen LogP contribution in [0.2, 0.25) is 0 Å². The molecule has 0 atom stereocenters. The third-order valence-electron chi connectivity index (χ3n) is 13.3. The van der Waals surface area contributed by atoms with Crippen molar-refractivity contribution in [2.75, 3.05) is 0 Å². The summed E-state index contributed by atoms with van der Waals surface area (Å²) >= 11 is 0. The predicted octanol–water partition coefficient (Wildman–Crippen LogP) is 16.9. The Morgan fingerprint density at radius 1 is 0.188 bits per heavy atom. The van der Waals surface area contributed by atoms with E-state index in [4.69, 9.17) is 0 Å². The summed E-state index contributed by atoms with van der Waals surface area (Å²) in [6, 6.07) is 89.0. The van der Waals surface area contributed by atoms with Crippen LogP contribution >= 0.6 is 0 Å². The molecule has 0 radical (unpaired) electrons. The minimum Gasteiger partial charge on any atom is -0.309 e. The standard InChI is InChI=1S/C62H40N2/c1-3-15-43(16-4-1)61-53-37-31-46(42-29-35-48(36-30-42)64-59-25-13-9-21-51(59)52-22-10-14-26-60(52)64)40-56(53)62(44-17-5-2-6-18-44)54-38-32-45(39-55(54)61)41-27-33-47(34-28-41)63-57-23-11-7-19-49(57)50-20-8-12-24-58(50)63/h1-40H. The lowest BCUT2D eigenvalue weighted by Gasteiger charge is -2.20. The van der Waals surface area contributed by atoms with Crippen molar-refractivity contribution < 1.29 is 0 Å². The summed E-state index contributed by atoms with van der Waals surface area (Å²) in [5, 5.41) is 10.0. The van der Waals surface area contributed by atoms with Crippen LogP contribution in [-0.2, 0) is 0 Å². The van der Waals surface area contributed by atoms with E-state index in [1.165, 1.54) is 110 Å². The van der Waals surface area contributed by atoms with Crippen LogP contribution in [0.4, 0.5) is 0 Å². The Balaban J connectivity index is 0.972. The van der Waals surface area contributed by atoms with Crippen LogP contribution in [0, 0.1) is 0 Å². The fourth-order valence-corrected chi connectivity index (χ4v) is 10.4. The fraction of sp³-hybridized carbons (Fsp3) is 0. The van der Waals surface area contributed by atoms with Gasteiger partial charge in [0.25, 0.3) is 0 Å². The zero-order valence-electron chi connectivity index (χ0n) is 35.0. The molecule has 0 N–H and O–H groups in total. The van der Waals surface area contributed by atoms with Crippen molar-refractivity contribution in [1.29, 1.82) is 0 Å². The van der Waals surface area contributed by atoms with Crippen LogP contribution < -0.4 is 0 Å². The molecule has 0 spiro atoms. The second-order valence-electron chi connectivity index (χ2n) is 16.8. The first kappa shape index (κ1) is 36.2. The highest BCUT2D eigenvalue weighted by molar-refractivity contribution is 6.22. The van der Waals surface area contributed by atoms with E-state index in [2.05, 4.69) is 252 Å². The number of nitrogens with zero attached hydrogens (tertiary/aromatic N) is 2. The average Bonchev–Trinajstić information content (AvgIpc) is 3.89. The van der Waals surface area contributed by atoms with E-state index in [0.717, 1.165) is 11.4 Å². The van der Waals surface area contributed by atoms with Gasteiger partial charge in [-0.15, -0.1) is 0 Å². The van der Waals surface area contributed by atoms with E-state index < -0.39 is 0 Å². The summed E-state index contributed by atoms with van der Waals surface area (Å²) in [6.07, 6.45) is 0. The fourth-order valence-electron chi connectivity index (χ4n) is 10.4. The lowest BCUT2D eigenvalue weighted by molar-refractivity contribution is 1.18. The Morgan fingerprint density at radius 3 is 0.828 bits per heavy atom. The van der Waals surface area contributed by atoms with Crippen molar-refractivity contribution in [2.45, 2.75) is 0 Å². The van der Waals surface area contributed by atoms with Crippen LogP contribution in [0.15, 0.2) is 243 Å². The summed E-state index contributed by atoms with van der Waals surface area (Å²) in [7, 11) is 0. The van der Waals surface area contributed by atoms with Gasteiger partial charge < -0.3 is 9.13 Å². The summed E-state index contributed by atoms with van der Waals surface area (Å²) in [4.78, 5) is 0. The first-order valence-corrected chi connectivity index (χ1v) is 22.1. The predicted molar refractivity (Wildman–Crippen MR) is 272 cm³/mol. The van der Waals surface area contributed by atoms with Crippen molar-refractivity contribution in [3.63, 3.8) is 0 Å². The first-order valence-electron chi connectivity index (χ1n) is 22.1. The van der Waals surface area contributed by atoms with Crippen molar-refractivity contribution >= 4 is 65.2 Å². The van der Waals surface area contributed by atoms with Gasteiger partial charge in [0, 0.05) is 32.9 Å². The van der Waals surface area contributed by atoms with Gasteiger partial charge in [-0.3, -0.25) is 0 Å². The number of fused-ring (bicyclic) bond motifs is 8. The van der Waals surface area contributed by atoms with Crippen LogP contribution in [0.3, 0.4) is 0 Å². The molecule has 2 nitrogen and oxygen atoms in total. The molecule has 0 saturated carbocycles. The normalized spacial score (nSPS) is 11.8. The Bertz CT molecular complexity index is 3540. The number of hydrogen-bond acceptors (Lipinski definition) is 0. The van der Waals surface area contributed by atoms with Gasteiger partial charge in [-0.1, -0.05) is 182 Å². The molecule has 0 unspecified atom stereocenters. The molecule has 298 valence electrons. The van der Waals surface area contributed by atoms with Gasteiger partial charge in [-0.2, -0.15) is 0 Å². The van der Waals surface area contributed by atoms with Crippen molar-refractivity contribution in [3.8, 4) is 55.9 Å². The Morgan fingerprint density at radius 2 is 0.484 bits per heavy atom. The summed E-state index contributed by atoms with van der Waals surface area (Å²) in [6.45, 7) is 0. The second kappa shape index (κ2) is 14.6. The van der Waals surface area contributed by atoms with Crippen LogP contribution in [0.25, 0.3) is 121 Å². The number of aromatic nitrogens is 2. The van der Waals surface area contributed by atoms with Crippen molar-refractivity contribution in [1.82, 2.24) is 9.13 Å². The van der Waals surface area contributed by atoms with Crippen LogP contribution in [0.1, 0.15) is 0 Å².